The molecule has 0 unspecified atom stereocenters. The molecule has 2 aromatic rings. The third-order valence-corrected chi connectivity index (χ3v) is 3.60. The number of nitrogens with one attached hydrogen (secondary N) is 1. The Morgan fingerprint density at radius 2 is 1.76 bits per heavy atom. The normalized spacial score (nSPS) is 10.0. The number of amides is 1. The third kappa shape index (κ3) is 5.69. The molecule has 1 N–H and O–H groups in total. The van der Waals surface area contributed by atoms with E-state index in [1.807, 2.05) is 0 Å². The lowest BCUT2D eigenvalue weighted by Crippen LogP contribution is -2.21. The zero-order valence-electron chi connectivity index (χ0n) is 13.9. The highest BCUT2D eigenvalue weighted by Gasteiger charge is 2.10. The molecular formula is C18H18ClNO5. The van der Waals surface area contributed by atoms with E-state index >= 15 is 0 Å². The maximum Gasteiger partial charge on any atom is 0.310 e. The van der Waals surface area contributed by atoms with Crippen molar-refractivity contribution in [3.8, 4) is 11.5 Å². The van der Waals surface area contributed by atoms with E-state index in [0.717, 1.165) is 5.56 Å². The Morgan fingerprint density at radius 3 is 2.36 bits per heavy atom. The van der Waals surface area contributed by atoms with Gasteiger partial charge in [0.05, 0.1) is 25.7 Å². The van der Waals surface area contributed by atoms with Crippen molar-refractivity contribution in [2.24, 2.45) is 0 Å². The number of methoxy groups -OCH3 is 2. The highest BCUT2D eigenvalue weighted by Crippen LogP contribution is 2.27. The van der Waals surface area contributed by atoms with Gasteiger partial charge in [-0.25, -0.2) is 0 Å². The number of hydrogen-bond acceptors (Lipinski definition) is 5. The minimum atomic E-state index is -0.493. The summed E-state index contributed by atoms with van der Waals surface area (Å²) < 4.78 is 15.1. The second kappa shape index (κ2) is 8.94. The van der Waals surface area contributed by atoms with Crippen LogP contribution >= 0.6 is 11.6 Å². The molecule has 6 nitrogen and oxygen atoms in total. The molecular weight excluding hydrogens is 346 g/mol. The zero-order valence-corrected chi connectivity index (χ0v) is 14.6. The minimum Gasteiger partial charge on any atom is -0.497 e. The number of esters is 1. The van der Waals surface area contributed by atoms with E-state index in [1.54, 1.807) is 49.6 Å². The van der Waals surface area contributed by atoms with Crippen LogP contribution in [0.5, 0.6) is 11.5 Å². The van der Waals surface area contributed by atoms with Crippen molar-refractivity contribution in [2.75, 3.05) is 26.1 Å². The van der Waals surface area contributed by atoms with Gasteiger partial charge in [0.15, 0.2) is 6.61 Å². The van der Waals surface area contributed by atoms with Crippen LogP contribution in [-0.2, 0) is 20.7 Å². The fraction of sp³-hybridized carbons (Fsp3) is 0.222. The number of carbonyl (C=O) groups is 2. The van der Waals surface area contributed by atoms with Crippen LogP contribution in [0.2, 0.25) is 5.02 Å². The van der Waals surface area contributed by atoms with Crippen molar-refractivity contribution in [1.82, 2.24) is 0 Å². The van der Waals surface area contributed by atoms with E-state index in [9.17, 15) is 9.59 Å². The summed E-state index contributed by atoms with van der Waals surface area (Å²) in [5.74, 6) is 0.262. The van der Waals surface area contributed by atoms with Gasteiger partial charge in [-0.1, -0.05) is 23.7 Å². The van der Waals surface area contributed by atoms with Crippen LogP contribution in [0.15, 0.2) is 42.5 Å². The predicted octanol–water partition coefficient (Wildman–Crippen LogP) is 3.08. The summed E-state index contributed by atoms with van der Waals surface area (Å²) in [4.78, 5) is 23.6. The number of anilines is 1. The first-order valence-electron chi connectivity index (χ1n) is 7.43. The first kappa shape index (κ1) is 18.6. The summed E-state index contributed by atoms with van der Waals surface area (Å²) >= 11 is 5.98. The van der Waals surface area contributed by atoms with Gasteiger partial charge in [-0.15, -0.1) is 0 Å². The predicted molar refractivity (Wildman–Crippen MR) is 94.3 cm³/mol. The molecule has 0 heterocycles. The molecule has 0 fully saturated rings. The fourth-order valence-corrected chi connectivity index (χ4v) is 2.31. The van der Waals surface area contributed by atoms with Crippen molar-refractivity contribution in [2.45, 2.75) is 6.42 Å². The Labute approximate surface area is 150 Å². The van der Waals surface area contributed by atoms with Gasteiger partial charge in [-0.05, 0) is 35.9 Å². The SMILES string of the molecule is COc1ccc(CC(=O)OCC(=O)Nc2ccc(OC)c(Cl)c2)cc1. The van der Waals surface area contributed by atoms with E-state index in [2.05, 4.69) is 5.32 Å². The molecule has 0 aliphatic carbocycles. The Hall–Kier alpha value is -2.73. The van der Waals surface area contributed by atoms with Crippen LogP contribution in [0.3, 0.4) is 0 Å². The number of rotatable bonds is 7. The summed E-state index contributed by atoms with van der Waals surface area (Å²) in [6.07, 6.45) is 0.0750. The van der Waals surface area contributed by atoms with E-state index in [0.29, 0.717) is 22.2 Å². The van der Waals surface area contributed by atoms with Crippen LogP contribution in [0, 0.1) is 0 Å². The van der Waals surface area contributed by atoms with Gasteiger partial charge < -0.3 is 19.5 Å². The average molecular weight is 364 g/mol. The molecule has 0 atom stereocenters. The van der Waals surface area contributed by atoms with Gasteiger partial charge in [0.2, 0.25) is 0 Å². The number of halogens is 1. The molecule has 0 radical (unpaired) electrons. The molecule has 25 heavy (non-hydrogen) atoms. The molecule has 2 rings (SSSR count). The number of carbonyl (C=O) groups excluding carboxylic acids is 2. The summed E-state index contributed by atoms with van der Waals surface area (Å²) in [6.45, 7) is -0.376. The first-order chi connectivity index (χ1) is 12.0. The lowest BCUT2D eigenvalue weighted by molar-refractivity contribution is -0.146. The van der Waals surface area contributed by atoms with Gasteiger partial charge in [-0.2, -0.15) is 0 Å². The Balaban J connectivity index is 1.80. The van der Waals surface area contributed by atoms with E-state index in [-0.39, 0.29) is 13.0 Å². The summed E-state index contributed by atoms with van der Waals surface area (Å²) in [5.41, 5.74) is 1.26. The molecule has 0 bridgehead atoms. The highest BCUT2D eigenvalue weighted by atomic mass is 35.5. The quantitative estimate of drug-likeness (QED) is 0.765. The van der Waals surface area contributed by atoms with E-state index in [1.165, 1.54) is 7.11 Å². The first-order valence-corrected chi connectivity index (χ1v) is 7.81. The van der Waals surface area contributed by atoms with Gasteiger partial charge in [-0.3, -0.25) is 9.59 Å². The molecule has 2 aromatic carbocycles. The van der Waals surface area contributed by atoms with Crippen LogP contribution in [0.4, 0.5) is 5.69 Å². The Bertz CT molecular complexity index is 746. The highest BCUT2D eigenvalue weighted by molar-refractivity contribution is 6.32. The lowest BCUT2D eigenvalue weighted by atomic mass is 10.1. The second-order valence-corrected chi connectivity index (χ2v) is 5.49. The minimum absolute atomic E-state index is 0.0750. The zero-order chi connectivity index (χ0) is 18.2. The average Bonchev–Trinajstić information content (AvgIpc) is 2.61. The number of hydrogen-bond donors (Lipinski definition) is 1. The largest absolute Gasteiger partial charge is 0.497 e. The molecule has 7 heteroatoms. The Kier molecular flexibility index (Phi) is 6.65. The maximum atomic E-state index is 11.8. The molecule has 0 spiro atoms. The van der Waals surface area contributed by atoms with Crippen LogP contribution in [-0.4, -0.2) is 32.7 Å². The lowest BCUT2D eigenvalue weighted by Gasteiger charge is -2.09. The molecule has 0 saturated carbocycles. The van der Waals surface area contributed by atoms with Crippen molar-refractivity contribution < 1.29 is 23.8 Å². The molecule has 0 saturated heterocycles. The standard InChI is InChI=1S/C18H18ClNO5/c1-23-14-6-3-12(4-7-14)9-18(22)25-11-17(21)20-13-5-8-16(24-2)15(19)10-13/h3-8,10H,9,11H2,1-2H3,(H,20,21). The van der Waals surface area contributed by atoms with E-state index in [4.69, 9.17) is 25.8 Å². The molecule has 0 aliphatic rings. The number of benzene rings is 2. The fourth-order valence-electron chi connectivity index (χ4n) is 2.05. The topological polar surface area (TPSA) is 73.9 Å². The van der Waals surface area contributed by atoms with Crippen molar-refractivity contribution in [3.63, 3.8) is 0 Å². The van der Waals surface area contributed by atoms with Gasteiger partial charge in [0, 0.05) is 5.69 Å². The van der Waals surface area contributed by atoms with Crippen molar-refractivity contribution in [3.05, 3.63) is 53.1 Å². The monoisotopic (exact) mass is 363 g/mol. The van der Waals surface area contributed by atoms with Crippen LogP contribution in [0.1, 0.15) is 5.56 Å². The van der Waals surface area contributed by atoms with Gasteiger partial charge in [0.25, 0.3) is 5.91 Å². The smallest absolute Gasteiger partial charge is 0.310 e. The Morgan fingerprint density at radius 1 is 1.04 bits per heavy atom. The van der Waals surface area contributed by atoms with Crippen molar-refractivity contribution >= 4 is 29.2 Å². The summed E-state index contributed by atoms with van der Waals surface area (Å²) in [6, 6.07) is 11.9. The van der Waals surface area contributed by atoms with Crippen LogP contribution in [0.25, 0.3) is 0 Å². The molecule has 132 valence electrons. The number of ether oxygens (including phenoxy) is 3. The molecule has 0 aromatic heterocycles. The van der Waals surface area contributed by atoms with E-state index < -0.39 is 11.9 Å². The van der Waals surface area contributed by atoms with Gasteiger partial charge in [0.1, 0.15) is 11.5 Å². The molecule has 1 amide bonds. The maximum absolute atomic E-state index is 11.8. The van der Waals surface area contributed by atoms with Crippen molar-refractivity contribution in [1.29, 1.82) is 0 Å². The molecule has 0 aliphatic heterocycles. The van der Waals surface area contributed by atoms with Crippen LogP contribution < -0.4 is 14.8 Å². The summed E-state index contributed by atoms with van der Waals surface area (Å²) in [5, 5.41) is 2.97. The third-order valence-electron chi connectivity index (χ3n) is 3.31. The second-order valence-electron chi connectivity index (χ2n) is 5.08. The van der Waals surface area contributed by atoms with Gasteiger partial charge >= 0.3 is 5.97 Å². The summed E-state index contributed by atoms with van der Waals surface area (Å²) in [7, 11) is 3.07.